The Morgan fingerprint density at radius 3 is 2.94 bits per heavy atom. The van der Waals surface area contributed by atoms with Crippen molar-refractivity contribution in [1.82, 2.24) is 5.01 Å². The van der Waals surface area contributed by atoms with Crippen molar-refractivity contribution in [1.29, 1.82) is 0 Å². The number of hydrogen-bond donors (Lipinski definition) is 0. The Hall–Kier alpha value is -1.05. The summed E-state index contributed by atoms with van der Waals surface area (Å²) in [6.07, 6.45) is 2.05. The minimum Gasteiger partial charge on any atom is -0.273 e. The largest absolute Gasteiger partial charge is 0.273 e. The summed E-state index contributed by atoms with van der Waals surface area (Å²) >= 11 is 3.46. The first-order valence-corrected chi connectivity index (χ1v) is 7.14. The van der Waals surface area contributed by atoms with Crippen LogP contribution in [-0.2, 0) is 0 Å². The fourth-order valence-electron chi connectivity index (χ4n) is 1.24. The van der Waals surface area contributed by atoms with Gasteiger partial charge < -0.3 is 0 Å². The van der Waals surface area contributed by atoms with E-state index in [2.05, 4.69) is 16.9 Å². The molecule has 0 radical (unpaired) electrons. The molecule has 0 atom stereocenters. The first kappa shape index (κ1) is 11.4. The maximum absolute atomic E-state index is 4.41. The monoisotopic (exact) mass is 248 g/mol. The molecule has 0 amide bonds. The molecule has 0 unspecified atom stereocenters. The van der Waals surface area contributed by atoms with Crippen LogP contribution in [-0.4, -0.2) is 28.1 Å². The smallest absolute Gasteiger partial charge is 0.151 e. The third-order valence-electron chi connectivity index (χ3n) is 2.00. The van der Waals surface area contributed by atoms with Gasteiger partial charge in [-0.3, -0.25) is 5.01 Å². The highest BCUT2D eigenvalue weighted by molar-refractivity contribution is 8.38. The molecule has 1 aliphatic heterocycles. The zero-order valence-corrected chi connectivity index (χ0v) is 10.6. The number of hydrazone groups is 1. The summed E-state index contributed by atoms with van der Waals surface area (Å²) in [6, 6.07) is 10.0. The SMILES string of the molecule is CSC1=NN(CC#Cc2ccccc2)CS1. The van der Waals surface area contributed by atoms with Crippen molar-refractivity contribution in [3.63, 3.8) is 0 Å². The fourth-order valence-corrected chi connectivity index (χ4v) is 2.65. The first-order chi connectivity index (χ1) is 7.88. The molecular weight excluding hydrogens is 236 g/mol. The Labute approximate surface area is 104 Å². The van der Waals surface area contributed by atoms with Crippen LogP contribution in [0.25, 0.3) is 0 Å². The van der Waals surface area contributed by atoms with Gasteiger partial charge in [-0.2, -0.15) is 5.10 Å². The van der Waals surface area contributed by atoms with Crippen LogP contribution < -0.4 is 0 Å². The molecular formula is C12H12N2S2. The second-order valence-corrected chi connectivity index (χ2v) is 5.16. The number of thioether (sulfide) groups is 2. The summed E-state index contributed by atoms with van der Waals surface area (Å²) in [5, 5.41) is 6.40. The molecule has 1 aromatic rings. The Balaban J connectivity index is 1.89. The fraction of sp³-hybridized carbons (Fsp3) is 0.250. The highest BCUT2D eigenvalue weighted by atomic mass is 32.2. The van der Waals surface area contributed by atoms with Crippen molar-refractivity contribution in [2.24, 2.45) is 5.10 Å². The van der Waals surface area contributed by atoms with E-state index in [4.69, 9.17) is 0 Å². The summed E-state index contributed by atoms with van der Waals surface area (Å²) in [5.74, 6) is 7.18. The van der Waals surface area contributed by atoms with Crippen molar-refractivity contribution in [3.8, 4) is 11.8 Å². The molecule has 2 nitrogen and oxygen atoms in total. The highest BCUT2D eigenvalue weighted by Gasteiger charge is 2.12. The normalized spacial score (nSPS) is 14.3. The van der Waals surface area contributed by atoms with Gasteiger partial charge in [-0.25, -0.2) is 0 Å². The van der Waals surface area contributed by atoms with E-state index in [-0.39, 0.29) is 0 Å². The third kappa shape index (κ3) is 3.22. The van der Waals surface area contributed by atoms with Crippen molar-refractivity contribution < 1.29 is 0 Å². The van der Waals surface area contributed by atoms with Gasteiger partial charge in [-0.05, 0) is 18.4 Å². The van der Waals surface area contributed by atoms with Gasteiger partial charge in [0.25, 0.3) is 0 Å². The molecule has 0 fully saturated rings. The van der Waals surface area contributed by atoms with Crippen LogP contribution in [0.15, 0.2) is 35.4 Å². The van der Waals surface area contributed by atoms with Crippen molar-refractivity contribution in [2.45, 2.75) is 0 Å². The molecule has 0 N–H and O–H groups in total. The molecule has 1 aromatic carbocycles. The standard InChI is InChI=1S/C12H12N2S2/c1-15-12-13-14(10-16-12)9-5-8-11-6-3-2-4-7-11/h2-4,6-7H,9-10H2,1H3. The van der Waals surface area contributed by atoms with E-state index >= 15 is 0 Å². The van der Waals surface area contributed by atoms with E-state index < -0.39 is 0 Å². The summed E-state index contributed by atoms with van der Waals surface area (Å²) < 4.78 is 1.13. The van der Waals surface area contributed by atoms with Crippen molar-refractivity contribution >= 4 is 27.9 Å². The molecule has 1 aliphatic rings. The van der Waals surface area contributed by atoms with E-state index in [1.54, 1.807) is 23.5 Å². The lowest BCUT2D eigenvalue weighted by Crippen LogP contribution is -2.12. The number of nitrogens with zero attached hydrogens (tertiary/aromatic N) is 2. The van der Waals surface area contributed by atoms with Crippen LogP contribution in [0.4, 0.5) is 0 Å². The van der Waals surface area contributed by atoms with E-state index in [1.165, 1.54) is 0 Å². The molecule has 4 heteroatoms. The third-order valence-corrected chi connectivity index (χ3v) is 4.04. The predicted octanol–water partition coefficient (Wildman–Crippen LogP) is 2.68. The van der Waals surface area contributed by atoms with Crippen LogP contribution in [0.3, 0.4) is 0 Å². The Kier molecular flexibility index (Phi) is 4.20. The van der Waals surface area contributed by atoms with Gasteiger partial charge in [-0.1, -0.05) is 41.8 Å². The minimum absolute atomic E-state index is 0.700. The number of hydrogen-bond acceptors (Lipinski definition) is 4. The summed E-state index contributed by atoms with van der Waals surface area (Å²) in [5.41, 5.74) is 1.06. The molecule has 0 saturated carbocycles. The zero-order chi connectivity index (χ0) is 11.2. The summed E-state index contributed by atoms with van der Waals surface area (Å²) in [7, 11) is 0. The molecule has 82 valence electrons. The molecule has 2 rings (SSSR count). The molecule has 0 saturated heterocycles. The van der Waals surface area contributed by atoms with Gasteiger partial charge in [0, 0.05) is 5.56 Å². The maximum atomic E-state index is 4.41. The Morgan fingerprint density at radius 2 is 2.25 bits per heavy atom. The van der Waals surface area contributed by atoms with Crippen LogP contribution in [0, 0.1) is 11.8 Å². The lowest BCUT2D eigenvalue weighted by atomic mass is 10.2. The topological polar surface area (TPSA) is 15.6 Å². The average molecular weight is 248 g/mol. The van der Waals surface area contributed by atoms with Gasteiger partial charge in [0.15, 0.2) is 4.38 Å². The maximum Gasteiger partial charge on any atom is 0.151 e. The first-order valence-electron chi connectivity index (χ1n) is 4.93. The summed E-state index contributed by atoms with van der Waals surface area (Å²) in [4.78, 5) is 0. The van der Waals surface area contributed by atoms with E-state index in [1.807, 2.05) is 41.6 Å². The van der Waals surface area contributed by atoms with Crippen LogP contribution in [0.5, 0.6) is 0 Å². The second-order valence-electron chi connectivity index (χ2n) is 3.18. The van der Waals surface area contributed by atoms with Gasteiger partial charge in [-0.15, -0.1) is 11.8 Å². The van der Waals surface area contributed by atoms with E-state index in [0.717, 1.165) is 15.8 Å². The van der Waals surface area contributed by atoms with E-state index in [9.17, 15) is 0 Å². The van der Waals surface area contributed by atoms with Crippen LogP contribution >= 0.6 is 23.5 Å². The van der Waals surface area contributed by atoms with Gasteiger partial charge >= 0.3 is 0 Å². The predicted molar refractivity (Wildman–Crippen MR) is 73.4 cm³/mol. The van der Waals surface area contributed by atoms with Crippen LogP contribution in [0.2, 0.25) is 0 Å². The summed E-state index contributed by atoms with van der Waals surface area (Å²) in [6.45, 7) is 0.700. The number of benzene rings is 1. The van der Waals surface area contributed by atoms with E-state index in [0.29, 0.717) is 6.54 Å². The Bertz CT molecular complexity index is 431. The Morgan fingerprint density at radius 1 is 1.44 bits per heavy atom. The molecule has 0 aromatic heterocycles. The molecule has 0 aliphatic carbocycles. The number of rotatable bonds is 1. The van der Waals surface area contributed by atoms with Gasteiger partial charge in [0.2, 0.25) is 0 Å². The lowest BCUT2D eigenvalue weighted by molar-refractivity contribution is 0.394. The zero-order valence-electron chi connectivity index (χ0n) is 9.01. The quantitative estimate of drug-likeness (QED) is 0.711. The average Bonchev–Trinajstić information content (AvgIpc) is 2.78. The molecule has 0 spiro atoms. The van der Waals surface area contributed by atoms with Crippen molar-refractivity contribution in [2.75, 3.05) is 18.7 Å². The van der Waals surface area contributed by atoms with Gasteiger partial charge in [0.1, 0.15) is 0 Å². The van der Waals surface area contributed by atoms with Crippen LogP contribution in [0.1, 0.15) is 5.56 Å². The minimum atomic E-state index is 0.700. The lowest BCUT2D eigenvalue weighted by Gasteiger charge is -2.06. The molecule has 0 bridgehead atoms. The molecule has 16 heavy (non-hydrogen) atoms. The second kappa shape index (κ2) is 5.88. The highest BCUT2D eigenvalue weighted by Crippen LogP contribution is 2.22. The molecule has 1 heterocycles. The van der Waals surface area contributed by atoms with Gasteiger partial charge in [0.05, 0.1) is 12.4 Å². The van der Waals surface area contributed by atoms with Crippen molar-refractivity contribution in [3.05, 3.63) is 35.9 Å².